The normalized spacial score (nSPS) is 17.8. The van der Waals surface area contributed by atoms with Gasteiger partial charge in [-0.1, -0.05) is 30.1 Å². The molecule has 1 heterocycles. The number of carbonyl (C=O) groups excluding carboxylic acids is 1. The first-order valence-electron chi connectivity index (χ1n) is 8.00. The van der Waals surface area contributed by atoms with Gasteiger partial charge in [0.25, 0.3) is 0 Å². The molecule has 136 valence electrons. The molecule has 0 aliphatic carbocycles. The van der Waals surface area contributed by atoms with Crippen LogP contribution in [0.1, 0.15) is 26.7 Å². The predicted molar refractivity (Wildman–Crippen MR) is 101 cm³/mol. The third-order valence-electron chi connectivity index (χ3n) is 4.43. The Morgan fingerprint density at radius 3 is 2.29 bits per heavy atom. The molecule has 0 saturated carbocycles. The number of halogens is 3. The molecule has 1 aromatic rings. The van der Waals surface area contributed by atoms with E-state index in [1.807, 2.05) is 18.7 Å². The van der Waals surface area contributed by atoms with Gasteiger partial charge in [0.15, 0.2) is 0 Å². The summed E-state index contributed by atoms with van der Waals surface area (Å²) in [6, 6.07) is 5.09. The molecular weight excluding hydrogens is 371 g/mol. The van der Waals surface area contributed by atoms with Gasteiger partial charge in [-0.05, 0) is 43.9 Å². The molecule has 1 amide bonds. The van der Waals surface area contributed by atoms with E-state index in [1.165, 1.54) is 0 Å². The Morgan fingerprint density at radius 2 is 1.79 bits per heavy atom. The summed E-state index contributed by atoms with van der Waals surface area (Å²) in [6.45, 7) is 5.91. The highest BCUT2D eigenvalue weighted by Gasteiger charge is 2.27. The molecule has 1 fully saturated rings. The lowest BCUT2D eigenvalue weighted by Gasteiger charge is -2.34. The zero-order valence-electron chi connectivity index (χ0n) is 14.0. The lowest BCUT2D eigenvalue weighted by atomic mass is 9.95. The number of hydrogen-bond donors (Lipinski definition) is 1. The van der Waals surface area contributed by atoms with E-state index in [1.54, 1.807) is 18.2 Å². The number of nitrogens with two attached hydrogens (primary N) is 1. The van der Waals surface area contributed by atoms with Crippen LogP contribution in [-0.2, 0) is 4.79 Å². The topological polar surface area (TPSA) is 55.6 Å². The SMILES string of the molecule is CC(N)C(C)C(=O)N1CCC(COc2cc(Cl)cc(Cl)c2)CC1.Cl. The van der Waals surface area contributed by atoms with E-state index in [0.717, 1.165) is 25.9 Å². The van der Waals surface area contributed by atoms with Gasteiger partial charge in [-0.15, -0.1) is 12.4 Å². The van der Waals surface area contributed by atoms with E-state index < -0.39 is 0 Å². The van der Waals surface area contributed by atoms with E-state index >= 15 is 0 Å². The largest absolute Gasteiger partial charge is 0.493 e. The Morgan fingerprint density at radius 1 is 1.25 bits per heavy atom. The standard InChI is InChI=1S/C17H24Cl2N2O2.ClH/c1-11(12(2)20)17(22)21-5-3-13(4-6-21)10-23-16-8-14(18)7-15(19)9-16;/h7-9,11-13H,3-6,10,20H2,1-2H3;1H. The van der Waals surface area contributed by atoms with Gasteiger partial charge in [0.1, 0.15) is 5.75 Å². The number of likely N-dealkylation sites (tertiary alicyclic amines) is 1. The number of rotatable bonds is 5. The lowest BCUT2D eigenvalue weighted by Crippen LogP contribution is -2.45. The summed E-state index contributed by atoms with van der Waals surface area (Å²) in [5.41, 5.74) is 5.82. The van der Waals surface area contributed by atoms with Crippen molar-refractivity contribution in [1.29, 1.82) is 0 Å². The van der Waals surface area contributed by atoms with Crippen molar-refractivity contribution >= 4 is 41.5 Å². The van der Waals surface area contributed by atoms with Gasteiger partial charge in [0.2, 0.25) is 5.91 Å². The summed E-state index contributed by atoms with van der Waals surface area (Å²) < 4.78 is 5.80. The minimum atomic E-state index is -0.128. The molecule has 24 heavy (non-hydrogen) atoms. The van der Waals surface area contributed by atoms with Crippen LogP contribution >= 0.6 is 35.6 Å². The molecule has 2 N–H and O–H groups in total. The minimum Gasteiger partial charge on any atom is -0.493 e. The number of piperidine rings is 1. The van der Waals surface area contributed by atoms with Crippen molar-refractivity contribution < 1.29 is 9.53 Å². The van der Waals surface area contributed by atoms with E-state index in [2.05, 4.69) is 0 Å². The van der Waals surface area contributed by atoms with Crippen LogP contribution in [0.2, 0.25) is 10.0 Å². The first-order chi connectivity index (χ1) is 10.9. The third kappa shape index (κ3) is 5.99. The van der Waals surface area contributed by atoms with Crippen LogP contribution in [-0.4, -0.2) is 36.5 Å². The molecular formula is C17H25Cl3N2O2. The highest BCUT2D eigenvalue weighted by atomic mass is 35.5. The second-order valence-electron chi connectivity index (χ2n) is 6.33. The van der Waals surface area contributed by atoms with Gasteiger partial charge in [-0.25, -0.2) is 0 Å². The fourth-order valence-electron chi connectivity index (χ4n) is 2.66. The quantitative estimate of drug-likeness (QED) is 0.819. The van der Waals surface area contributed by atoms with Gasteiger partial charge in [0.05, 0.1) is 12.5 Å². The van der Waals surface area contributed by atoms with Gasteiger partial charge >= 0.3 is 0 Å². The van der Waals surface area contributed by atoms with Crippen molar-refractivity contribution in [2.75, 3.05) is 19.7 Å². The molecule has 4 nitrogen and oxygen atoms in total. The monoisotopic (exact) mass is 394 g/mol. The van der Waals surface area contributed by atoms with Gasteiger partial charge < -0.3 is 15.4 Å². The zero-order valence-corrected chi connectivity index (χ0v) is 16.3. The van der Waals surface area contributed by atoms with Crippen molar-refractivity contribution in [2.45, 2.75) is 32.7 Å². The highest BCUT2D eigenvalue weighted by molar-refractivity contribution is 6.34. The second kappa shape index (κ2) is 9.71. The maximum atomic E-state index is 12.3. The molecule has 2 unspecified atom stereocenters. The molecule has 1 aromatic carbocycles. The summed E-state index contributed by atoms with van der Waals surface area (Å²) in [5.74, 6) is 1.14. The Kier molecular flexibility index (Phi) is 8.65. The fourth-order valence-corrected chi connectivity index (χ4v) is 3.16. The number of benzene rings is 1. The van der Waals surface area contributed by atoms with Crippen molar-refractivity contribution in [3.8, 4) is 5.75 Å². The fraction of sp³-hybridized carbons (Fsp3) is 0.588. The number of nitrogens with zero attached hydrogens (tertiary/aromatic N) is 1. The second-order valence-corrected chi connectivity index (χ2v) is 7.21. The Labute approximate surface area is 160 Å². The Bertz CT molecular complexity index is 526. The molecule has 1 saturated heterocycles. The third-order valence-corrected chi connectivity index (χ3v) is 4.86. The Hall–Kier alpha value is -0.680. The number of amides is 1. The van der Waals surface area contributed by atoms with Crippen LogP contribution in [0.5, 0.6) is 5.75 Å². The predicted octanol–water partition coefficient (Wildman–Crippen LogP) is 4.02. The molecule has 2 atom stereocenters. The van der Waals surface area contributed by atoms with Crippen LogP contribution in [0.15, 0.2) is 18.2 Å². The molecule has 1 aliphatic heterocycles. The van der Waals surface area contributed by atoms with Crippen molar-refractivity contribution in [1.82, 2.24) is 4.90 Å². The zero-order chi connectivity index (χ0) is 17.0. The Balaban J connectivity index is 0.00000288. The van der Waals surface area contributed by atoms with Crippen LogP contribution in [0.25, 0.3) is 0 Å². The van der Waals surface area contributed by atoms with Gasteiger partial charge in [0, 0.05) is 29.2 Å². The smallest absolute Gasteiger partial charge is 0.226 e. The van der Waals surface area contributed by atoms with E-state index in [-0.39, 0.29) is 30.3 Å². The summed E-state index contributed by atoms with van der Waals surface area (Å²) >= 11 is 11.9. The van der Waals surface area contributed by atoms with Gasteiger partial charge in [-0.3, -0.25) is 4.79 Å². The number of carbonyl (C=O) groups is 1. The van der Waals surface area contributed by atoms with Crippen LogP contribution in [0.4, 0.5) is 0 Å². The maximum Gasteiger partial charge on any atom is 0.226 e. The summed E-state index contributed by atoms with van der Waals surface area (Å²) in [6.07, 6.45) is 1.87. The van der Waals surface area contributed by atoms with Crippen molar-refractivity contribution in [3.05, 3.63) is 28.2 Å². The first kappa shape index (κ1) is 21.4. The summed E-state index contributed by atoms with van der Waals surface area (Å²) in [4.78, 5) is 14.2. The average Bonchev–Trinajstić information content (AvgIpc) is 2.51. The molecule has 0 aromatic heterocycles. The minimum absolute atomic E-state index is 0. The molecule has 2 rings (SSSR count). The number of hydrogen-bond acceptors (Lipinski definition) is 3. The van der Waals surface area contributed by atoms with Gasteiger partial charge in [-0.2, -0.15) is 0 Å². The molecule has 0 bridgehead atoms. The number of ether oxygens (including phenoxy) is 1. The first-order valence-corrected chi connectivity index (χ1v) is 8.75. The molecule has 1 aliphatic rings. The summed E-state index contributed by atoms with van der Waals surface area (Å²) in [7, 11) is 0. The van der Waals surface area contributed by atoms with Crippen molar-refractivity contribution in [2.24, 2.45) is 17.6 Å². The molecule has 7 heteroatoms. The van der Waals surface area contributed by atoms with Crippen LogP contribution in [0.3, 0.4) is 0 Å². The molecule has 0 spiro atoms. The molecule has 0 radical (unpaired) electrons. The van der Waals surface area contributed by atoms with E-state index in [4.69, 9.17) is 33.7 Å². The van der Waals surface area contributed by atoms with E-state index in [9.17, 15) is 4.79 Å². The maximum absolute atomic E-state index is 12.3. The van der Waals surface area contributed by atoms with Crippen LogP contribution in [0, 0.1) is 11.8 Å². The average molecular weight is 396 g/mol. The summed E-state index contributed by atoms with van der Waals surface area (Å²) in [5, 5.41) is 1.13. The highest BCUT2D eigenvalue weighted by Crippen LogP contribution is 2.26. The lowest BCUT2D eigenvalue weighted by molar-refractivity contribution is -0.137. The van der Waals surface area contributed by atoms with Crippen molar-refractivity contribution in [3.63, 3.8) is 0 Å². The van der Waals surface area contributed by atoms with Crippen LogP contribution < -0.4 is 10.5 Å². The van der Waals surface area contributed by atoms with E-state index in [0.29, 0.717) is 28.3 Å².